The molecule has 0 aliphatic carbocycles. The predicted molar refractivity (Wildman–Crippen MR) is 86.4 cm³/mol. The quantitative estimate of drug-likeness (QED) is 0.311. The molecule has 19 heavy (non-hydrogen) atoms. The molecule has 1 nitrogen and oxygen atoms in total. The first-order valence-electron chi connectivity index (χ1n) is 8.32. The molecule has 0 aromatic heterocycles. The van der Waals surface area contributed by atoms with Crippen LogP contribution in [0.25, 0.3) is 0 Å². The fourth-order valence-corrected chi connectivity index (χ4v) is 2.10. The molecule has 0 saturated heterocycles. The van der Waals surface area contributed by atoms with Crippen molar-refractivity contribution in [3.63, 3.8) is 0 Å². The summed E-state index contributed by atoms with van der Waals surface area (Å²) in [5.74, 6) is 0. The summed E-state index contributed by atoms with van der Waals surface area (Å²) in [4.78, 5) is 0. The fourth-order valence-electron chi connectivity index (χ4n) is 2.10. The zero-order valence-electron chi connectivity index (χ0n) is 12.9. The van der Waals surface area contributed by atoms with Crippen LogP contribution in [0.2, 0.25) is 0 Å². The van der Waals surface area contributed by atoms with E-state index in [-0.39, 0.29) is 6.61 Å². The second-order valence-electron chi connectivity index (χ2n) is 5.30. The van der Waals surface area contributed by atoms with Gasteiger partial charge in [-0.3, -0.25) is 0 Å². The van der Waals surface area contributed by atoms with Gasteiger partial charge in [-0.15, -0.1) is 0 Å². The highest BCUT2D eigenvalue weighted by molar-refractivity contribution is 4.81. The highest BCUT2D eigenvalue weighted by atomic mass is 16.2. The minimum absolute atomic E-state index is 0.281. The number of aliphatic hydroxyl groups excluding tert-OH is 1. The molecule has 0 unspecified atom stereocenters. The average molecular weight is 266 g/mol. The molecule has 0 rings (SSSR count). The van der Waals surface area contributed by atoms with Crippen LogP contribution in [-0.4, -0.2) is 11.7 Å². The van der Waals surface area contributed by atoms with E-state index in [1.807, 2.05) is 0 Å². The van der Waals surface area contributed by atoms with E-state index in [0.717, 1.165) is 6.42 Å². The summed E-state index contributed by atoms with van der Waals surface area (Å²) in [6, 6.07) is 0. The number of unbranched alkanes of at least 4 members (excludes halogenated alkanes) is 9. The zero-order chi connectivity index (χ0) is 14.0. The van der Waals surface area contributed by atoms with Crippen LogP contribution >= 0.6 is 0 Å². The Labute approximate surface area is 120 Å². The molecule has 1 N–H and O–H groups in total. The monoisotopic (exact) mass is 266 g/mol. The second kappa shape index (κ2) is 17.4. The van der Waals surface area contributed by atoms with Crippen LogP contribution in [0.5, 0.6) is 0 Å². The van der Waals surface area contributed by atoms with Gasteiger partial charge in [0.2, 0.25) is 0 Å². The Morgan fingerprint density at radius 1 is 0.579 bits per heavy atom. The molecule has 0 aliphatic heterocycles. The first-order chi connectivity index (χ1) is 9.41. The molecule has 0 fully saturated rings. The SMILES string of the molecule is CCCCC=CCCCCCCCCC=CCCO. The average Bonchev–Trinajstić information content (AvgIpc) is 2.43. The molecule has 0 amide bonds. The summed E-state index contributed by atoms with van der Waals surface area (Å²) in [6.45, 7) is 2.53. The molecular weight excluding hydrogens is 232 g/mol. The van der Waals surface area contributed by atoms with Crippen molar-refractivity contribution in [3.8, 4) is 0 Å². The number of aliphatic hydroxyl groups is 1. The topological polar surface area (TPSA) is 20.2 Å². The van der Waals surface area contributed by atoms with Gasteiger partial charge >= 0.3 is 0 Å². The Bertz CT molecular complexity index is 206. The number of hydrogen-bond donors (Lipinski definition) is 1. The van der Waals surface area contributed by atoms with E-state index in [4.69, 9.17) is 5.11 Å². The van der Waals surface area contributed by atoms with Crippen LogP contribution in [0.3, 0.4) is 0 Å². The normalized spacial score (nSPS) is 11.9. The minimum atomic E-state index is 0.281. The molecule has 0 bridgehead atoms. The van der Waals surface area contributed by atoms with E-state index in [9.17, 15) is 0 Å². The van der Waals surface area contributed by atoms with E-state index in [0.29, 0.717) is 0 Å². The molecule has 0 aromatic carbocycles. The van der Waals surface area contributed by atoms with Crippen LogP contribution in [-0.2, 0) is 0 Å². The first kappa shape index (κ1) is 18.4. The van der Waals surface area contributed by atoms with Crippen molar-refractivity contribution in [3.05, 3.63) is 24.3 Å². The molecule has 0 aromatic rings. The third-order valence-electron chi connectivity index (χ3n) is 3.35. The highest BCUT2D eigenvalue weighted by Gasteiger charge is 1.90. The van der Waals surface area contributed by atoms with Crippen LogP contribution in [0.15, 0.2) is 24.3 Å². The van der Waals surface area contributed by atoms with E-state index in [1.54, 1.807) is 0 Å². The van der Waals surface area contributed by atoms with Gasteiger partial charge in [0.05, 0.1) is 0 Å². The summed E-state index contributed by atoms with van der Waals surface area (Å²) in [5.41, 5.74) is 0. The number of hydrogen-bond acceptors (Lipinski definition) is 1. The molecule has 112 valence electrons. The lowest BCUT2D eigenvalue weighted by Crippen LogP contribution is -1.80. The molecule has 0 saturated carbocycles. The van der Waals surface area contributed by atoms with Gasteiger partial charge in [-0.1, -0.05) is 69.8 Å². The molecule has 0 atom stereocenters. The number of rotatable bonds is 14. The van der Waals surface area contributed by atoms with Crippen molar-refractivity contribution in [2.75, 3.05) is 6.61 Å². The van der Waals surface area contributed by atoms with Gasteiger partial charge in [0.25, 0.3) is 0 Å². The van der Waals surface area contributed by atoms with Crippen molar-refractivity contribution in [1.29, 1.82) is 0 Å². The largest absolute Gasteiger partial charge is 0.396 e. The van der Waals surface area contributed by atoms with Crippen LogP contribution in [0, 0.1) is 0 Å². The Morgan fingerprint density at radius 3 is 1.47 bits per heavy atom. The third-order valence-corrected chi connectivity index (χ3v) is 3.35. The minimum Gasteiger partial charge on any atom is -0.396 e. The third kappa shape index (κ3) is 17.4. The Balaban J connectivity index is 3.04. The predicted octanol–water partition coefficient (Wildman–Crippen LogP) is 5.79. The van der Waals surface area contributed by atoms with Crippen molar-refractivity contribution < 1.29 is 5.11 Å². The Morgan fingerprint density at radius 2 is 1.00 bits per heavy atom. The number of allylic oxidation sites excluding steroid dienone is 3. The second-order valence-corrected chi connectivity index (χ2v) is 5.30. The molecule has 0 heterocycles. The lowest BCUT2D eigenvalue weighted by molar-refractivity contribution is 0.302. The summed E-state index contributed by atoms with van der Waals surface area (Å²) >= 11 is 0. The smallest absolute Gasteiger partial charge is 0.0465 e. The van der Waals surface area contributed by atoms with Crippen molar-refractivity contribution >= 4 is 0 Å². The van der Waals surface area contributed by atoms with Gasteiger partial charge in [0.15, 0.2) is 0 Å². The van der Waals surface area contributed by atoms with E-state index in [1.165, 1.54) is 70.6 Å². The van der Waals surface area contributed by atoms with Crippen molar-refractivity contribution in [2.45, 2.75) is 84.0 Å². The summed E-state index contributed by atoms with van der Waals surface area (Å²) in [5, 5.41) is 8.61. The van der Waals surface area contributed by atoms with E-state index >= 15 is 0 Å². The Kier molecular flexibility index (Phi) is 16.9. The van der Waals surface area contributed by atoms with Gasteiger partial charge in [0, 0.05) is 6.61 Å². The fraction of sp³-hybridized carbons (Fsp3) is 0.778. The molecular formula is C18H34O. The molecule has 0 spiro atoms. The summed E-state index contributed by atoms with van der Waals surface area (Å²) < 4.78 is 0. The van der Waals surface area contributed by atoms with Crippen molar-refractivity contribution in [1.82, 2.24) is 0 Å². The van der Waals surface area contributed by atoms with Gasteiger partial charge in [-0.05, 0) is 38.5 Å². The standard InChI is InChI=1S/C18H34O/c1-2-3-4-5-6-7-8-9-10-11-12-13-14-15-16-17-18-19/h5-6,15-16,19H,2-4,7-14,17-18H2,1H3. The first-order valence-corrected chi connectivity index (χ1v) is 8.32. The van der Waals surface area contributed by atoms with E-state index < -0.39 is 0 Å². The lowest BCUT2D eigenvalue weighted by Gasteiger charge is -1.99. The Hall–Kier alpha value is -0.560. The summed E-state index contributed by atoms with van der Waals surface area (Å²) in [7, 11) is 0. The highest BCUT2D eigenvalue weighted by Crippen LogP contribution is 2.09. The van der Waals surface area contributed by atoms with Gasteiger partial charge in [-0.2, -0.15) is 0 Å². The maximum absolute atomic E-state index is 8.61. The van der Waals surface area contributed by atoms with Crippen LogP contribution in [0.4, 0.5) is 0 Å². The zero-order valence-corrected chi connectivity index (χ0v) is 12.9. The summed E-state index contributed by atoms with van der Waals surface area (Å²) in [6.07, 6.45) is 24.4. The van der Waals surface area contributed by atoms with E-state index in [2.05, 4.69) is 31.2 Å². The molecule has 0 radical (unpaired) electrons. The van der Waals surface area contributed by atoms with Crippen LogP contribution in [0.1, 0.15) is 84.0 Å². The maximum atomic E-state index is 8.61. The lowest BCUT2D eigenvalue weighted by atomic mass is 10.1. The van der Waals surface area contributed by atoms with Gasteiger partial charge in [0.1, 0.15) is 0 Å². The van der Waals surface area contributed by atoms with Crippen LogP contribution < -0.4 is 0 Å². The van der Waals surface area contributed by atoms with Gasteiger partial charge in [-0.25, -0.2) is 0 Å². The maximum Gasteiger partial charge on any atom is 0.0465 e. The van der Waals surface area contributed by atoms with Crippen molar-refractivity contribution in [2.24, 2.45) is 0 Å². The van der Waals surface area contributed by atoms with Gasteiger partial charge < -0.3 is 5.11 Å². The molecule has 1 heteroatoms. The molecule has 0 aliphatic rings.